The second kappa shape index (κ2) is 5.69. The summed E-state index contributed by atoms with van der Waals surface area (Å²) in [5, 5.41) is 11.4. The predicted octanol–water partition coefficient (Wildman–Crippen LogP) is 3.42. The molecule has 1 heterocycles. The Morgan fingerprint density at radius 2 is 1.81 bits per heavy atom. The van der Waals surface area contributed by atoms with Crippen LogP contribution >= 0.6 is 11.8 Å². The lowest BCUT2D eigenvalue weighted by Gasteiger charge is -2.17. The Morgan fingerprint density at radius 1 is 1.19 bits per heavy atom. The largest absolute Gasteiger partial charge is 0.384 e. The van der Waals surface area contributed by atoms with E-state index in [0.717, 1.165) is 9.92 Å². The van der Waals surface area contributed by atoms with Crippen LogP contribution in [0.15, 0.2) is 40.3 Å². The Hall–Kier alpha value is -2.15. The minimum absolute atomic E-state index is 0.0666. The Balaban J connectivity index is 2.27. The first kappa shape index (κ1) is 15.2. The van der Waals surface area contributed by atoms with Crippen molar-refractivity contribution < 1.29 is 4.92 Å². The first-order valence-corrected chi connectivity index (χ1v) is 7.15. The quantitative estimate of drug-likeness (QED) is 0.530. The van der Waals surface area contributed by atoms with Gasteiger partial charge in [0.25, 0.3) is 5.69 Å². The average molecular weight is 304 g/mol. The van der Waals surface area contributed by atoms with Crippen molar-refractivity contribution in [2.45, 2.75) is 36.1 Å². The van der Waals surface area contributed by atoms with E-state index in [1.165, 1.54) is 23.9 Å². The van der Waals surface area contributed by atoms with Crippen molar-refractivity contribution in [3.05, 3.63) is 46.3 Å². The topological polar surface area (TPSA) is 94.9 Å². The van der Waals surface area contributed by atoms with Crippen LogP contribution in [0.2, 0.25) is 0 Å². The van der Waals surface area contributed by atoms with E-state index in [9.17, 15) is 10.1 Å². The van der Waals surface area contributed by atoms with Gasteiger partial charge in [-0.2, -0.15) is 0 Å². The summed E-state index contributed by atoms with van der Waals surface area (Å²) in [7, 11) is 0. The van der Waals surface area contributed by atoms with Gasteiger partial charge in [-0.15, -0.1) is 0 Å². The zero-order valence-corrected chi connectivity index (χ0v) is 12.8. The molecule has 2 aromatic rings. The molecule has 0 spiro atoms. The monoisotopic (exact) mass is 304 g/mol. The molecule has 0 aliphatic rings. The smallest absolute Gasteiger partial charge is 0.269 e. The van der Waals surface area contributed by atoms with E-state index < -0.39 is 4.92 Å². The van der Waals surface area contributed by atoms with Gasteiger partial charge >= 0.3 is 0 Å². The number of hydrogen-bond donors (Lipinski definition) is 1. The number of hydrogen-bond acceptors (Lipinski definition) is 6. The summed E-state index contributed by atoms with van der Waals surface area (Å²) in [4.78, 5) is 19.8. The van der Waals surface area contributed by atoms with E-state index in [1.54, 1.807) is 18.2 Å². The first-order valence-electron chi connectivity index (χ1n) is 6.33. The van der Waals surface area contributed by atoms with Crippen molar-refractivity contribution in [2.75, 3.05) is 5.73 Å². The van der Waals surface area contributed by atoms with Gasteiger partial charge in [-0.25, -0.2) is 9.97 Å². The van der Waals surface area contributed by atoms with Gasteiger partial charge in [-0.3, -0.25) is 10.1 Å². The molecule has 1 aromatic carbocycles. The highest BCUT2D eigenvalue weighted by molar-refractivity contribution is 7.99. The van der Waals surface area contributed by atoms with Gasteiger partial charge in [-0.1, -0.05) is 32.5 Å². The molecule has 0 bridgehead atoms. The van der Waals surface area contributed by atoms with Gasteiger partial charge in [0, 0.05) is 28.5 Å². The fourth-order valence-corrected chi connectivity index (χ4v) is 2.41. The molecule has 0 fully saturated rings. The van der Waals surface area contributed by atoms with Crippen molar-refractivity contribution >= 4 is 23.3 Å². The number of nitrogen functional groups attached to an aromatic ring is 1. The van der Waals surface area contributed by atoms with Gasteiger partial charge in [0.1, 0.15) is 16.7 Å². The Bertz CT molecular complexity index is 666. The third-order valence-corrected chi connectivity index (χ3v) is 3.59. The first-order chi connectivity index (χ1) is 9.75. The maximum absolute atomic E-state index is 10.6. The summed E-state index contributed by atoms with van der Waals surface area (Å²) in [6, 6.07) is 8.02. The zero-order chi connectivity index (χ0) is 15.6. The summed E-state index contributed by atoms with van der Waals surface area (Å²) >= 11 is 1.40. The number of anilines is 1. The second-order valence-electron chi connectivity index (χ2n) is 5.56. The summed E-state index contributed by atoms with van der Waals surface area (Å²) < 4.78 is 0. The van der Waals surface area contributed by atoms with Gasteiger partial charge in [0.15, 0.2) is 0 Å². The molecule has 0 unspecified atom stereocenters. The van der Waals surface area contributed by atoms with Crippen LogP contribution in [0.5, 0.6) is 0 Å². The minimum Gasteiger partial charge on any atom is -0.384 e. The molecule has 6 nitrogen and oxygen atoms in total. The van der Waals surface area contributed by atoms with Gasteiger partial charge in [0.05, 0.1) is 4.92 Å². The molecule has 2 N–H and O–H groups in total. The average Bonchev–Trinajstić information content (AvgIpc) is 2.37. The van der Waals surface area contributed by atoms with Crippen LogP contribution in [-0.4, -0.2) is 14.9 Å². The van der Waals surface area contributed by atoms with Crippen molar-refractivity contribution in [2.24, 2.45) is 0 Å². The lowest BCUT2D eigenvalue weighted by atomic mass is 9.96. The molecule has 0 saturated carbocycles. The zero-order valence-electron chi connectivity index (χ0n) is 12.0. The number of aromatic nitrogens is 2. The fraction of sp³-hybridized carbons (Fsp3) is 0.286. The number of nitrogens with two attached hydrogens (primary N) is 1. The number of rotatable bonds is 3. The number of nitro groups is 1. The van der Waals surface area contributed by atoms with Crippen molar-refractivity contribution in [1.82, 2.24) is 9.97 Å². The van der Waals surface area contributed by atoms with Crippen molar-refractivity contribution in [3.63, 3.8) is 0 Å². The van der Waals surface area contributed by atoms with E-state index in [2.05, 4.69) is 9.97 Å². The van der Waals surface area contributed by atoms with E-state index in [0.29, 0.717) is 11.6 Å². The van der Waals surface area contributed by atoms with E-state index in [4.69, 9.17) is 5.73 Å². The van der Waals surface area contributed by atoms with Crippen LogP contribution in [0.3, 0.4) is 0 Å². The molecule has 0 saturated heterocycles. The number of non-ortho nitro benzene ring substituents is 1. The molecular weight excluding hydrogens is 288 g/mol. The molecule has 110 valence electrons. The van der Waals surface area contributed by atoms with E-state index in [1.807, 2.05) is 20.8 Å². The molecule has 21 heavy (non-hydrogen) atoms. The standard InChI is InChI=1S/C14H16N4O2S/c1-14(2,3)13-16-11(15)8-12(17-13)21-10-6-4-9(5-7-10)18(19)20/h4-8H,1-3H3,(H2,15,16,17). The Labute approximate surface area is 127 Å². The van der Waals surface area contributed by atoms with Crippen LogP contribution in [0, 0.1) is 10.1 Å². The predicted molar refractivity (Wildman–Crippen MR) is 82.4 cm³/mol. The number of nitrogens with zero attached hydrogens (tertiary/aromatic N) is 3. The third-order valence-electron chi connectivity index (χ3n) is 2.66. The lowest BCUT2D eigenvalue weighted by Crippen LogP contribution is -2.17. The van der Waals surface area contributed by atoms with E-state index >= 15 is 0 Å². The maximum atomic E-state index is 10.6. The van der Waals surface area contributed by atoms with Gasteiger partial charge in [0.2, 0.25) is 0 Å². The molecule has 0 amide bonds. The van der Waals surface area contributed by atoms with Crippen LogP contribution in [0.4, 0.5) is 11.5 Å². The summed E-state index contributed by atoms with van der Waals surface area (Å²) in [6.45, 7) is 6.05. The van der Waals surface area contributed by atoms with Crippen LogP contribution in [0.25, 0.3) is 0 Å². The van der Waals surface area contributed by atoms with Crippen LogP contribution in [0.1, 0.15) is 26.6 Å². The molecular formula is C14H16N4O2S. The highest BCUT2D eigenvalue weighted by Gasteiger charge is 2.19. The number of nitro benzene ring substituents is 1. The SMILES string of the molecule is CC(C)(C)c1nc(N)cc(Sc2ccc([N+](=O)[O-])cc2)n1. The van der Waals surface area contributed by atoms with Crippen molar-refractivity contribution in [3.8, 4) is 0 Å². The molecule has 2 rings (SSSR count). The van der Waals surface area contributed by atoms with Crippen LogP contribution in [-0.2, 0) is 5.41 Å². The lowest BCUT2D eigenvalue weighted by molar-refractivity contribution is -0.384. The highest BCUT2D eigenvalue weighted by atomic mass is 32.2. The number of benzene rings is 1. The Kier molecular flexibility index (Phi) is 4.13. The van der Waals surface area contributed by atoms with Gasteiger partial charge in [-0.05, 0) is 12.1 Å². The summed E-state index contributed by atoms with van der Waals surface area (Å²) in [5.41, 5.74) is 5.69. The van der Waals surface area contributed by atoms with Crippen molar-refractivity contribution in [1.29, 1.82) is 0 Å². The van der Waals surface area contributed by atoms with E-state index in [-0.39, 0.29) is 11.1 Å². The molecule has 0 radical (unpaired) electrons. The Morgan fingerprint density at radius 3 is 2.33 bits per heavy atom. The highest BCUT2D eigenvalue weighted by Crippen LogP contribution is 2.30. The summed E-state index contributed by atoms with van der Waals surface area (Å²) in [5.74, 6) is 1.09. The molecule has 0 aliphatic carbocycles. The molecule has 0 atom stereocenters. The fourth-order valence-electron chi connectivity index (χ4n) is 1.59. The maximum Gasteiger partial charge on any atom is 0.269 e. The summed E-state index contributed by atoms with van der Waals surface area (Å²) in [6.07, 6.45) is 0. The second-order valence-corrected chi connectivity index (χ2v) is 6.65. The molecule has 1 aromatic heterocycles. The minimum atomic E-state index is -0.422. The molecule has 0 aliphatic heterocycles. The molecule has 7 heteroatoms. The van der Waals surface area contributed by atoms with Gasteiger partial charge < -0.3 is 5.73 Å². The normalized spacial score (nSPS) is 11.4. The third kappa shape index (κ3) is 3.91. The van der Waals surface area contributed by atoms with Crippen LogP contribution < -0.4 is 5.73 Å².